The van der Waals surface area contributed by atoms with Crippen LogP contribution < -0.4 is 14.8 Å². The van der Waals surface area contributed by atoms with E-state index in [9.17, 15) is 9.59 Å². The molecule has 0 aliphatic carbocycles. The summed E-state index contributed by atoms with van der Waals surface area (Å²) in [4.78, 5) is 28.8. The highest BCUT2D eigenvalue weighted by Gasteiger charge is 2.17. The molecule has 3 rings (SSSR count). The van der Waals surface area contributed by atoms with Crippen molar-refractivity contribution in [2.24, 2.45) is 0 Å². The van der Waals surface area contributed by atoms with Crippen molar-refractivity contribution in [3.8, 4) is 11.5 Å². The van der Waals surface area contributed by atoms with Crippen LogP contribution in [0.25, 0.3) is 6.08 Å². The van der Waals surface area contributed by atoms with Crippen molar-refractivity contribution in [2.75, 3.05) is 19.0 Å². The van der Waals surface area contributed by atoms with Gasteiger partial charge in [-0.15, -0.1) is 0 Å². The van der Waals surface area contributed by atoms with E-state index in [2.05, 4.69) is 10.3 Å². The van der Waals surface area contributed by atoms with Crippen LogP contribution in [-0.4, -0.2) is 30.6 Å². The molecule has 7 nitrogen and oxygen atoms in total. The van der Waals surface area contributed by atoms with Gasteiger partial charge in [0.2, 0.25) is 5.91 Å². The monoisotopic (exact) mass is 466 g/mol. The van der Waals surface area contributed by atoms with Gasteiger partial charge in [0.15, 0.2) is 16.6 Å². The molecule has 172 valence electrons. The maximum Gasteiger partial charge on any atom is 0.350 e. The quantitative estimate of drug-likeness (QED) is 0.346. The minimum absolute atomic E-state index is 0.278. The van der Waals surface area contributed by atoms with E-state index in [0.29, 0.717) is 33.8 Å². The highest BCUT2D eigenvalue weighted by Crippen LogP contribution is 2.30. The van der Waals surface area contributed by atoms with E-state index in [0.717, 1.165) is 28.0 Å². The SMILES string of the molecule is CCOC(=O)c1sc(NC(=O)/C=C/c2ccc(OCc3ccccc3C)c(OC)c2)nc1C. The van der Waals surface area contributed by atoms with E-state index >= 15 is 0 Å². The third kappa shape index (κ3) is 6.43. The number of methoxy groups -OCH3 is 1. The number of esters is 1. The molecular formula is C25H26N2O5S. The molecule has 0 atom stereocenters. The Labute approximate surface area is 197 Å². The highest BCUT2D eigenvalue weighted by atomic mass is 32.1. The number of ether oxygens (including phenoxy) is 3. The minimum Gasteiger partial charge on any atom is -0.493 e. The van der Waals surface area contributed by atoms with Crippen molar-refractivity contribution in [2.45, 2.75) is 27.4 Å². The Morgan fingerprint density at radius 2 is 1.91 bits per heavy atom. The number of nitrogens with zero attached hydrogens (tertiary/aromatic N) is 1. The number of hydrogen-bond donors (Lipinski definition) is 1. The third-order valence-electron chi connectivity index (χ3n) is 4.75. The van der Waals surface area contributed by atoms with Gasteiger partial charge in [0.05, 0.1) is 19.4 Å². The predicted octanol–water partition coefficient (Wildman–Crippen LogP) is 5.18. The molecule has 0 unspecified atom stereocenters. The molecule has 1 heterocycles. The minimum atomic E-state index is -0.444. The molecule has 1 N–H and O–H groups in total. The van der Waals surface area contributed by atoms with E-state index < -0.39 is 5.97 Å². The standard InChI is InChI=1S/C25H26N2O5S/c1-5-31-24(29)23-17(3)26-25(33-23)27-22(28)13-11-18-10-12-20(21(14-18)30-4)32-15-19-9-7-6-8-16(19)2/h6-14H,5,15H2,1-4H3,(H,26,27,28)/b13-11+. The third-order valence-corrected chi connectivity index (χ3v) is 5.80. The molecule has 1 aromatic heterocycles. The molecule has 33 heavy (non-hydrogen) atoms. The van der Waals surface area contributed by atoms with Gasteiger partial charge in [0.25, 0.3) is 0 Å². The number of benzene rings is 2. The van der Waals surface area contributed by atoms with Gasteiger partial charge in [-0.2, -0.15) is 0 Å². The zero-order valence-corrected chi connectivity index (χ0v) is 19.8. The molecule has 0 fully saturated rings. The average molecular weight is 467 g/mol. The fourth-order valence-electron chi connectivity index (χ4n) is 2.99. The summed E-state index contributed by atoms with van der Waals surface area (Å²) >= 11 is 1.08. The number of rotatable bonds is 9. The van der Waals surface area contributed by atoms with Crippen LogP contribution in [0.3, 0.4) is 0 Å². The Kier molecular flexibility index (Phi) is 8.21. The number of anilines is 1. The molecule has 0 bridgehead atoms. The van der Waals surface area contributed by atoms with Crippen LogP contribution in [0, 0.1) is 13.8 Å². The smallest absolute Gasteiger partial charge is 0.350 e. The molecule has 0 aliphatic rings. The van der Waals surface area contributed by atoms with Crippen LogP contribution in [0.4, 0.5) is 5.13 Å². The first kappa shape index (κ1) is 24.0. The fraction of sp³-hybridized carbons (Fsp3) is 0.240. The van der Waals surface area contributed by atoms with Crippen LogP contribution >= 0.6 is 11.3 Å². The van der Waals surface area contributed by atoms with E-state index in [1.807, 2.05) is 43.3 Å². The maximum atomic E-state index is 12.3. The summed E-state index contributed by atoms with van der Waals surface area (Å²) in [6, 6.07) is 13.5. The van der Waals surface area contributed by atoms with Crippen LogP contribution in [0.5, 0.6) is 11.5 Å². The Morgan fingerprint density at radius 3 is 2.64 bits per heavy atom. The van der Waals surface area contributed by atoms with E-state index in [1.165, 1.54) is 6.08 Å². The predicted molar refractivity (Wildman–Crippen MR) is 129 cm³/mol. The topological polar surface area (TPSA) is 86.8 Å². The number of nitrogens with one attached hydrogen (secondary N) is 1. The second-order valence-electron chi connectivity index (χ2n) is 7.10. The molecule has 0 saturated carbocycles. The second kappa shape index (κ2) is 11.3. The van der Waals surface area contributed by atoms with Gasteiger partial charge in [-0.25, -0.2) is 9.78 Å². The number of aromatic nitrogens is 1. The molecule has 0 aliphatic heterocycles. The fourth-order valence-corrected chi connectivity index (χ4v) is 3.85. The van der Waals surface area contributed by atoms with Gasteiger partial charge in [0.1, 0.15) is 11.5 Å². The summed E-state index contributed by atoms with van der Waals surface area (Å²) < 4.78 is 16.4. The molecule has 8 heteroatoms. The summed E-state index contributed by atoms with van der Waals surface area (Å²) in [5.41, 5.74) is 3.55. The van der Waals surface area contributed by atoms with Gasteiger partial charge in [-0.05, 0) is 55.7 Å². The first-order valence-electron chi connectivity index (χ1n) is 10.4. The van der Waals surface area contributed by atoms with Crippen molar-refractivity contribution < 1.29 is 23.8 Å². The number of aryl methyl sites for hydroxylation is 2. The zero-order chi connectivity index (χ0) is 23.8. The molecule has 0 spiro atoms. The number of carbonyl (C=O) groups is 2. The summed E-state index contributed by atoms with van der Waals surface area (Å²) in [6.07, 6.45) is 3.05. The van der Waals surface area contributed by atoms with Crippen LogP contribution in [-0.2, 0) is 16.1 Å². The van der Waals surface area contributed by atoms with Gasteiger partial charge in [-0.3, -0.25) is 10.1 Å². The molecule has 1 amide bonds. The number of amides is 1. The zero-order valence-electron chi connectivity index (χ0n) is 19.0. The summed E-state index contributed by atoms with van der Waals surface area (Å²) in [7, 11) is 1.57. The lowest BCUT2D eigenvalue weighted by atomic mass is 10.1. The second-order valence-corrected chi connectivity index (χ2v) is 8.10. The first-order valence-corrected chi connectivity index (χ1v) is 11.2. The largest absolute Gasteiger partial charge is 0.493 e. The Hall–Kier alpha value is -3.65. The van der Waals surface area contributed by atoms with Crippen molar-refractivity contribution in [3.63, 3.8) is 0 Å². The van der Waals surface area contributed by atoms with Crippen molar-refractivity contribution >= 4 is 34.4 Å². The molecule has 0 radical (unpaired) electrons. The van der Waals surface area contributed by atoms with Gasteiger partial charge in [-0.1, -0.05) is 41.7 Å². The van der Waals surface area contributed by atoms with E-state index in [1.54, 1.807) is 33.1 Å². The lowest BCUT2D eigenvalue weighted by Gasteiger charge is -2.12. The number of carbonyl (C=O) groups excluding carboxylic acids is 2. The van der Waals surface area contributed by atoms with E-state index in [-0.39, 0.29) is 12.5 Å². The van der Waals surface area contributed by atoms with Gasteiger partial charge < -0.3 is 14.2 Å². The van der Waals surface area contributed by atoms with Crippen LogP contribution in [0.15, 0.2) is 48.5 Å². The first-order chi connectivity index (χ1) is 15.9. The molecule has 2 aromatic carbocycles. The van der Waals surface area contributed by atoms with Crippen molar-refractivity contribution in [1.82, 2.24) is 4.98 Å². The lowest BCUT2D eigenvalue weighted by molar-refractivity contribution is -0.111. The number of thiazole rings is 1. The normalized spacial score (nSPS) is 10.8. The average Bonchev–Trinajstić information content (AvgIpc) is 3.17. The van der Waals surface area contributed by atoms with Gasteiger partial charge in [0, 0.05) is 6.08 Å². The molecule has 3 aromatic rings. The Bertz CT molecular complexity index is 1170. The highest BCUT2D eigenvalue weighted by molar-refractivity contribution is 7.17. The number of hydrogen-bond acceptors (Lipinski definition) is 7. The maximum absolute atomic E-state index is 12.3. The summed E-state index contributed by atoms with van der Waals surface area (Å²) in [5, 5.41) is 3.01. The Morgan fingerprint density at radius 1 is 1.12 bits per heavy atom. The van der Waals surface area contributed by atoms with Crippen molar-refractivity contribution in [1.29, 1.82) is 0 Å². The molecular weight excluding hydrogens is 440 g/mol. The Balaban J connectivity index is 1.63. The van der Waals surface area contributed by atoms with Crippen molar-refractivity contribution in [3.05, 3.63) is 75.8 Å². The van der Waals surface area contributed by atoms with Crippen LogP contribution in [0.1, 0.15) is 39.0 Å². The summed E-state index contributed by atoms with van der Waals surface area (Å²) in [5.74, 6) is 0.381. The molecule has 0 saturated heterocycles. The van der Waals surface area contributed by atoms with E-state index in [4.69, 9.17) is 14.2 Å². The summed E-state index contributed by atoms with van der Waals surface area (Å²) in [6.45, 7) is 6.18. The van der Waals surface area contributed by atoms with Crippen LogP contribution in [0.2, 0.25) is 0 Å². The lowest BCUT2D eigenvalue weighted by Crippen LogP contribution is -2.07. The van der Waals surface area contributed by atoms with Gasteiger partial charge >= 0.3 is 5.97 Å².